The summed E-state index contributed by atoms with van der Waals surface area (Å²) >= 11 is 3.40. The Morgan fingerprint density at radius 2 is 1.96 bits per heavy atom. The molecule has 24 heavy (non-hydrogen) atoms. The van der Waals surface area contributed by atoms with Crippen LogP contribution < -0.4 is 10.5 Å². The second-order valence-corrected chi connectivity index (χ2v) is 6.97. The van der Waals surface area contributed by atoms with Crippen molar-refractivity contribution in [1.82, 2.24) is 4.90 Å². The van der Waals surface area contributed by atoms with Crippen molar-refractivity contribution >= 4 is 21.8 Å². The van der Waals surface area contributed by atoms with E-state index in [-0.39, 0.29) is 12.5 Å². The lowest BCUT2D eigenvalue weighted by molar-refractivity contribution is -0.132. The topological polar surface area (TPSA) is 55.6 Å². The molecule has 2 atom stereocenters. The molecule has 1 fully saturated rings. The number of halogens is 1. The number of nitrogens with zero attached hydrogens (tertiary/aromatic N) is 1. The molecule has 0 radical (unpaired) electrons. The minimum absolute atomic E-state index is 0.00635. The summed E-state index contributed by atoms with van der Waals surface area (Å²) in [7, 11) is 0. The van der Waals surface area contributed by atoms with Crippen LogP contribution >= 0.6 is 15.9 Å². The summed E-state index contributed by atoms with van der Waals surface area (Å²) in [5, 5.41) is 0. The van der Waals surface area contributed by atoms with Gasteiger partial charge in [-0.1, -0.05) is 52.3 Å². The number of likely N-dealkylation sites (tertiary alicyclic amines) is 1. The first-order valence-electron chi connectivity index (χ1n) is 8.08. The zero-order chi connectivity index (χ0) is 16.9. The molecule has 1 aliphatic heterocycles. The molecule has 5 heteroatoms. The quantitative estimate of drug-likeness (QED) is 0.856. The van der Waals surface area contributed by atoms with Crippen molar-refractivity contribution in [3.8, 4) is 5.75 Å². The molecule has 1 heterocycles. The van der Waals surface area contributed by atoms with Gasteiger partial charge in [0.1, 0.15) is 5.75 Å². The van der Waals surface area contributed by atoms with Crippen molar-refractivity contribution in [3.05, 3.63) is 64.6 Å². The Kier molecular flexibility index (Phi) is 5.53. The van der Waals surface area contributed by atoms with Crippen LogP contribution in [0.4, 0.5) is 0 Å². The molecule has 0 aliphatic carbocycles. The molecule has 2 aromatic carbocycles. The first kappa shape index (κ1) is 17.0. The standard InChI is InChI=1S/C19H21BrN2O2/c20-16-7-4-8-17(9-16)24-13-19(23)22-11-15(10-21)18(12-22)14-5-2-1-3-6-14/h1-9,15,18H,10-13,21H2/t15-,18+/m1/s1. The van der Waals surface area contributed by atoms with Crippen LogP contribution in [-0.4, -0.2) is 37.0 Å². The maximum atomic E-state index is 12.5. The Labute approximate surface area is 150 Å². The number of hydrogen-bond acceptors (Lipinski definition) is 3. The van der Waals surface area contributed by atoms with E-state index in [1.54, 1.807) is 0 Å². The van der Waals surface area contributed by atoms with Gasteiger partial charge in [0.05, 0.1) is 0 Å². The SMILES string of the molecule is NC[C@@H]1CN(C(=O)COc2cccc(Br)c2)C[C@H]1c1ccccc1. The number of hydrogen-bond donors (Lipinski definition) is 1. The van der Waals surface area contributed by atoms with Gasteiger partial charge in [0, 0.05) is 23.5 Å². The fraction of sp³-hybridized carbons (Fsp3) is 0.316. The maximum absolute atomic E-state index is 12.5. The first-order chi connectivity index (χ1) is 11.7. The molecule has 0 saturated carbocycles. The number of amides is 1. The fourth-order valence-corrected chi connectivity index (χ4v) is 3.56. The Balaban J connectivity index is 1.61. The highest BCUT2D eigenvalue weighted by molar-refractivity contribution is 9.10. The Morgan fingerprint density at radius 1 is 1.17 bits per heavy atom. The smallest absolute Gasteiger partial charge is 0.260 e. The average Bonchev–Trinajstić information content (AvgIpc) is 3.05. The number of nitrogens with two attached hydrogens (primary N) is 1. The lowest BCUT2D eigenvalue weighted by Gasteiger charge is -2.17. The van der Waals surface area contributed by atoms with Crippen molar-refractivity contribution in [1.29, 1.82) is 0 Å². The fourth-order valence-electron chi connectivity index (χ4n) is 3.18. The van der Waals surface area contributed by atoms with Crippen LogP contribution in [0.3, 0.4) is 0 Å². The van der Waals surface area contributed by atoms with E-state index in [9.17, 15) is 4.79 Å². The predicted molar refractivity (Wildman–Crippen MR) is 97.9 cm³/mol. The van der Waals surface area contributed by atoms with Crippen LogP contribution in [0.15, 0.2) is 59.1 Å². The molecule has 3 rings (SSSR count). The van der Waals surface area contributed by atoms with Gasteiger partial charge in [-0.3, -0.25) is 4.79 Å². The van der Waals surface area contributed by atoms with E-state index in [4.69, 9.17) is 10.5 Å². The van der Waals surface area contributed by atoms with E-state index in [0.717, 1.165) is 4.47 Å². The highest BCUT2D eigenvalue weighted by atomic mass is 79.9. The summed E-state index contributed by atoms with van der Waals surface area (Å²) in [6.07, 6.45) is 0. The Bertz CT molecular complexity index is 693. The molecule has 4 nitrogen and oxygen atoms in total. The van der Waals surface area contributed by atoms with Crippen molar-refractivity contribution < 1.29 is 9.53 Å². The average molecular weight is 389 g/mol. The first-order valence-corrected chi connectivity index (χ1v) is 8.88. The highest BCUT2D eigenvalue weighted by Gasteiger charge is 2.35. The van der Waals surface area contributed by atoms with Crippen LogP contribution in [0, 0.1) is 5.92 Å². The second-order valence-electron chi connectivity index (χ2n) is 6.06. The number of carbonyl (C=O) groups excluding carboxylic acids is 1. The van der Waals surface area contributed by atoms with Crippen LogP contribution in [-0.2, 0) is 4.79 Å². The highest BCUT2D eigenvalue weighted by Crippen LogP contribution is 2.32. The normalized spacial score (nSPS) is 20.2. The van der Waals surface area contributed by atoms with Crippen molar-refractivity contribution in [2.24, 2.45) is 11.7 Å². The van der Waals surface area contributed by atoms with Crippen molar-refractivity contribution in [3.63, 3.8) is 0 Å². The van der Waals surface area contributed by atoms with E-state index in [0.29, 0.717) is 37.2 Å². The van der Waals surface area contributed by atoms with Crippen LogP contribution in [0.25, 0.3) is 0 Å². The van der Waals surface area contributed by atoms with Gasteiger partial charge in [0.25, 0.3) is 5.91 Å². The third-order valence-electron chi connectivity index (χ3n) is 4.48. The third kappa shape index (κ3) is 3.97. The Morgan fingerprint density at radius 3 is 2.67 bits per heavy atom. The summed E-state index contributed by atoms with van der Waals surface area (Å²) in [5.41, 5.74) is 7.18. The van der Waals surface area contributed by atoms with Gasteiger partial charge in [-0.25, -0.2) is 0 Å². The van der Waals surface area contributed by atoms with Gasteiger partial charge >= 0.3 is 0 Å². The molecule has 126 valence electrons. The zero-order valence-corrected chi connectivity index (χ0v) is 15.0. The Hall–Kier alpha value is -1.85. The number of benzene rings is 2. The third-order valence-corrected chi connectivity index (χ3v) is 4.98. The molecule has 2 aromatic rings. The van der Waals surface area contributed by atoms with E-state index < -0.39 is 0 Å². The number of ether oxygens (including phenoxy) is 1. The van der Waals surface area contributed by atoms with E-state index in [2.05, 4.69) is 28.1 Å². The number of rotatable bonds is 5. The maximum Gasteiger partial charge on any atom is 0.260 e. The lowest BCUT2D eigenvalue weighted by Crippen LogP contribution is -2.33. The minimum Gasteiger partial charge on any atom is -0.484 e. The van der Waals surface area contributed by atoms with Gasteiger partial charge in [-0.15, -0.1) is 0 Å². The van der Waals surface area contributed by atoms with Gasteiger partial charge < -0.3 is 15.4 Å². The summed E-state index contributed by atoms with van der Waals surface area (Å²) in [6.45, 7) is 2.02. The monoisotopic (exact) mass is 388 g/mol. The lowest BCUT2D eigenvalue weighted by atomic mass is 9.89. The molecule has 1 amide bonds. The molecule has 0 unspecified atom stereocenters. The van der Waals surface area contributed by atoms with Gasteiger partial charge in [-0.05, 0) is 36.2 Å². The minimum atomic E-state index is 0.00635. The van der Waals surface area contributed by atoms with E-state index in [1.807, 2.05) is 47.4 Å². The van der Waals surface area contributed by atoms with Crippen molar-refractivity contribution in [2.45, 2.75) is 5.92 Å². The molecule has 2 N–H and O–H groups in total. The molecular weight excluding hydrogens is 368 g/mol. The van der Waals surface area contributed by atoms with Crippen LogP contribution in [0.5, 0.6) is 5.75 Å². The summed E-state index contributed by atoms with van der Waals surface area (Å²) in [5.74, 6) is 1.28. The van der Waals surface area contributed by atoms with Gasteiger partial charge in [-0.2, -0.15) is 0 Å². The van der Waals surface area contributed by atoms with Crippen LogP contribution in [0.1, 0.15) is 11.5 Å². The number of carbonyl (C=O) groups is 1. The predicted octanol–water partition coefficient (Wildman–Crippen LogP) is 3.03. The summed E-state index contributed by atoms with van der Waals surface area (Å²) in [4.78, 5) is 14.4. The van der Waals surface area contributed by atoms with E-state index in [1.165, 1.54) is 5.56 Å². The van der Waals surface area contributed by atoms with Gasteiger partial charge in [0.2, 0.25) is 0 Å². The summed E-state index contributed by atoms with van der Waals surface area (Å²) in [6, 6.07) is 17.8. The summed E-state index contributed by atoms with van der Waals surface area (Å²) < 4.78 is 6.55. The largest absolute Gasteiger partial charge is 0.484 e. The second kappa shape index (κ2) is 7.81. The van der Waals surface area contributed by atoms with Crippen molar-refractivity contribution in [2.75, 3.05) is 26.2 Å². The molecule has 0 bridgehead atoms. The molecule has 1 saturated heterocycles. The molecule has 0 spiro atoms. The van der Waals surface area contributed by atoms with E-state index >= 15 is 0 Å². The molecular formula is C19H21BrN2O2. The molecule has 0 aromatic heterocycles. The van der Waals surface area contributed by atoms with Gasteiger partial charge in [0.15, 0.2) is 6.61 Å². The van der Waals surface area contributed by atoms with Crippen LogP contribution in [0.2, 0.25) is 0 Å². The molecule has 1 aliphatic rings. The zero-order valence-electron chi connectivity index (χ0n) is 13.4.